The van der Waals surface area contributed by atoms with Gasteiger partial charge in [-0.25, -0.2) is 9.97 Å². The first kappa shape index (κ1) is 13.1. The van der Waals surface area contributed by atoms with E-state index in [2.05, 4.69) is 34.2 Å². The molecule has 0 amide bonds. The fraction of sp³-hybridized carbons (Fsp3) is 0.692. The summed E-state index contributed by atoms with van der Waals surface area (Å²) in [5.41, 5.74) is 0.998. The molecule has 1 N–H and O–H groups in total. The molecule has 0 bridgehead atoms. The summed E-state index contributed by atoms with van der Waals surface area (Å²) in [7, 11) is 2.15. The number of rotatable bonds is 4. The summed E-state index contributed by atoms with van der Waals surface area (Å²) >= 11 is 0. The zero-order chi connectivity index (χ0) is 13.0. The quantitative estimate of drug-likeness (QED) is 0.881. The maximum atomic E-state index is 6.00. The molecule has 0 aromatic carbocycles. The van der Waals surface area contributed by atoms with Crippen LogP contribution in [0.4, 0.5) is 5.82 Å². The second kappa shape index (κ2) is 6.00. The molecule has 2 heterocycles. The first-order valence-corrected chi connectivity index (χ1v) is 6.61. The zero-order valence-corrected chi connectivity index (χ0v) is 11.4. The molecule has 0 radical (unpaired) electrons. The van der Waals surface area contributed by atoms with Crippen LogP contribution in [0.5, 0.6) is 5.88 Å². The van der Waals surface area contributed by atoms with Gasteiger partial charge < -0.3 is 15.0 Å². The topological polar surface area (TPSA) is 50.3 Å². The van der Waals surface area contributed by atoms with E-state index in [1.54, 1.807) is 6.33 Å². The molecule has 2 rings (SSSR count). The number of nitrogens with one attached hydrogen (secondary N) is 1. The van der Waals surface area contributed by atoms with Crippen molar-refractivity contribution >= 4 is 5.82 Å². The first-order valence-electron chi connectivity index (χ1n) is 6.61. The maximum Gasteiger partial charge on any atom is 0.221 e. The van der Waals surface area contributed by atoms with Gasteiger partial charge in [-0.2, -0.15) is 0 Å². The number of hydrogen-bond donors (Lipinski definition) is 1. The molecule has 0 aliphatic carbocycles. The largest absolute Gasteiger partial charge is 0.474 e. The van der Waals surface area contributed by atoms with Gasteiger partial charge in [-0.3, -0.25) is 0 Å². The van der Waals surface area contributed by atoms with Crippen molar-refractivity contribution in [2.45, 2.75) is 32.8 Å². The van der Waals surface area contributed by atoms with E-state index < -0.39 is 0 Å². The van der Waals surface area contributed by atoms with Crippen LogP contribution in [0.15, 0.2) is 6.33 Å². The lowest BCUT2D eigenvalue weighted by Gasteiger charge is -2.29. The first-order chi connectivity index (χ1) is 8.70. The van der Waals surface area contributed by atoms with Crippen molar-refractivity contribution in [2.24, 2.45) is 0 Å². The van der Waals surface area contributed by atoms with Crippen LogP contribution in [0, 0.1) is 6.92 Å². The Labute approximate surface area is 109 Å². The number of hydrogen-bond acceptors (Lipinski definition) is 5. The van der Waals surface area contributed by atoms with Crippen molar-refractivity contribution in [3.8, 4) is 5.88 Å². The molecule has 0 saturated carbocycles. The number of nitrogens with zero attached hydrogens (tertiary/aromatic N) is 3. The number of anilines is 1. The van der Waals surface area contributed by atoms with Crippen LogP contribution in [-0.2, 0) is 0 Å². The summed E-state index contributed by atoms with van der Waals surface area (Å²) in [5.74, 6) is 1.59. The van der Waals surface area contributed by atoms with E-state index in [1.807, 2.05) is 6.92 Å². The number of likely N-dealkylation sites (tertiary alicyclic amines) is 1. The van der Waals surface area contributed by atoms with E-state index in [-0.39, 0.29) is 6.10 Å². The molecular weight excluding hydrogens is 228 g/mol. The molecule has 5 nitrogen and oxygen atoms in total. The van der Waals surface area contributed by atoms with Gasteiger partial charge in [0, 0.05) is 19.6 Å². The highest BCUT2D eigenvalue weighted by Gasteiger charge is 2.19. The van der Waals surface area contributed by atoms with Crippen LogP contribution in [0.3, 0.4) is 0 Å². The standard InChI is InChI=1S/C13H22N4O/c1-4-14-12-10(2)13(16-9-15-12)18-11-5-7-17(3)8-6-11/h9,11H,4-8H2,1-3H3,(H,14,15,16). The molecule has 18 heavy (non-hydrogen) atoms. The highest BCUT2D eigenvalue weighted by molar-refractivity contribution is 5.47. The van der Waals surface area contributed by atoms with E-state index in [1.165, 1.54) is 0 Å². The minimum absolute atomic E-state index is 0.282. The summed E-state index contributed by atoms with van der Waals surface area (Å²) in [6, 6.07) is 0. The summed E-state index contributed by atoms with van der Waals surface area (Å²) in [5, 5.41) is 3.22. The molecule has 0 spiro atoms. The Bertz CT molecular complexity index is 389. The van der Waals surface area contributed by atoms with Gasteiger partial charge in [0.05, 0.1) is 5.56 Å². The third kappa shape index (κ3) is 3.10. The SMILES string of the molecule is CCNc1ncnc(OC2CCN(C)CC2)c1C. The van der Waals surface area contributed by atoms with Crippen LogP contribution in [-0.4, -0.2) is 47.7 Å². The summed E-state index contributed by atoms with van der Waals surface area (Å²) in [4.78, 5) is 10.8. The third-order valence-corrected chi connectivity index (χ3v) is 3.33. The molecule has 0 atom stereocenters. The highest BCUT2D eigenvalue weighted by Crippen LogP contribution is 2.23. The smallest absolute Gasteiger partial charge is 0.221 e. The molecule has 1 fully saturated rings. The number of ether oxygens (including phenoxy) is 1. The monoisotopic (exact) mass is 250 g/mol. The Morgan fingerprint density at radius 2 is 2.11 bits per heavy atom. The van der Waals surface area contributed by atoms with Crippen LogP contribution < -0.4 is 10.1 Å². The number of aromatic nitrogens is 2. The van der Waals surface area contributed by atoms with E-state index in [9.17, 15) is 0 Å². The summed E-state index contributed by atoms with van der Waals surface area (Å²) in [6.07, 6.45) is 3.98. The third-order valence-electron chi connectivity index (χ3n) is 3.33. The Morgan fingerprint density at radius 3 is 2.78 bits per heavy atom. The predicted octanol–water partition coefficient (Wildman–Crippen LogP) is 1.69. The van der Waals surface area contributed by atoms with E-state index in [0.29, 0.717) is 0 Å². The van der Waals surface area contributed by atoms with Crippen molar-refractivity contribution < 1.29 is 4.74 Å². The normalized spacial score (nSPS) is 17.7. The molecule has 1 aromatic heterocycles. The van der Waals surface area contributed by atoms with Crippen molar-refractivity contribution in [2.75, 3.05) is 32.0 Å². The molecular formula is C13H22N4O. The minimum atomic E-state index is 0.282. The predicted molar refractivity (Wildman–Crippen MR) is 72.1 cm³/mol. The van der Waals surface area contributed by atoms with E-state index in [0.717, 1.165) is 49.7 Å². The van der Waals surface area contributed by atoms with Gasteiger partial charge >= 0.3 is 0 Å². The molecule has 100 valence electrons. The molecule has 0 unspecified atom stereocenters. The second-order valence-electron chi connectivity index (χ2n) is 4.80. The Morgan fingerprint density at radius 1 is 1.39 bits per heavy atom. The van der Waals surface area contributed by atoms with Gasteiger partial charge in [-0.15, -0.1) is 0 Å². The molecule has 5 heteroatoms. The van der Waals surface area contributed by atoms with Crippen LogP contribution in [0.2, 0.25) is 0 Å². The fourth-order valence-electron chi connectivity index (χ4n) is 2.16. The second-order valence-corrected chi connectivity index (χ2v) is 4.80. The van der Waals surface area contributed by atoms with Gasteiger partial charge in [0.25, 0.3) is 0 Å². The van der Waals surface area contributed by atoms with Crippen molar-refractivity contribution in [1.82, 2.24) is 14.9 Å². The van der Waals surface area contributed by atoms with Gasteiger partial charge in [-0.05, 0) is 33.7 Å². The van der Waals surface area contributed by atoms with Crippen molar-refractivity contribution in [3.63, 3.8) is 0 Å². The van der Waals surface area contributed by atoms with Crippen LogP contribution in [0.25, 0.3) is 0 Å². The van der Waals surface area contributed by atoms with Crippen molar-refractivity contribution in [3.05, 3.63) is 11.9 Å². The van der Waals surface area contributed by atoms with Gasteiger partial charge in [-0.1, -0.05) is 0 Å². The van der Waals surface area contributed by atoms with Crippen molar-refractivity contribution in [1.29, 1.82) is 0 Å². The summed E-state index contributed by atoms with van der Waals surface area (Å²) in [6.45, 7) is 7.09. The lowest BCUT2D eigenvalue weighted by molar-refractivity contribution is 0.109. The van der Waals surface area contributed by atoms with E-state index in [4.69, 9.17) is 4.74 Å². The van der Waals surface area contributed by atoms with Crippen LogP contribution in [0.1, 0.15) is 25.3 Å². The van der Waals surface area contributed by atoms with Crippen LogP contribution >= 0.6 is 0 Å². The Balaban J connectivity index is 2.02. The molecule has 1 aliphatic heterocycles. The number of piperidine rings is 1. The lowest BCUT2D eigenvalue weighted by atomic mass is 10.1. The molecule has 1 saturated heterocycles. The Hall–Kier alpha value is -1.36. The fourth-order valence-corrected chi connectivity index (χ4v) is 2.16. The average Bonchev–Trinajstić information content (AvgIpc) is 2.37. The Kier molecular flexibility index (Phi) is 4.36. The summed E-state index contributed by atoms with van der Waals surface area (Å²) < 4.78 is 6.00. The average molecular weight is 250 g/mol. The molecule has 1 aliphatic rings. The van der Waals surface area contributed by atoms with Gasteiger partial charge in [0.2, 0.25) is 5.88 Å². The lowest BCUT2D eigenvalue weighted by Crippen LogP contribution is -2.35. The van der Waals surface area contributed by atoms with Gasteiger partial charge in [0.15, 0.2) is 0 Å². The van der Waals surface area contributed by atoms with E-state index >= 15 is 0 Å². The highest BCUT2D eigenvalue weighted by atomic mass is 16.5. The molecule has 1 aromatic rings. The van der Waals surface area contributed by atoms with Gasteiger partial charge in [0.1, 0.15) is 18.2 Å². The minimum Gasteiger partial charge on any atom is -0.474 e. The maximum absolute atomic E-state index is 6.00. The zero-order valence-electron chi connectivity index (χ0n) is 11.4.